The molecule has 1 heterocycles. The molecular formula is C30H34FNO3. The van der Waals surface area contributed by atoms with Crippen LogP contribution in [0.25, 0.3) is 0 Å². The SMILES string of the molecule is Cc1ccc(C2CC(=O)C3=C(C2)NC(C)(C)C(C(=O)OC2CCCC2)C3c2ccc(F)cc2)cc1. The molecule has 0 bridgehead atoms. The largest absolute Gasteiger partial charge is 0.462 e. The number of carbonyl (C=O) groups excluding carboxylic acids is 2. The smallest absolute Gasteiger partial charge is 0.312 e. The van der Waals surface area contributed by atoms with Crippen LogP contribution in [0.5, 0.6) is 0 Å². The molecule has 0 spiro atoms. The maximum atomic E-state index is 13.8. The van der Waals surface area contributed by atoms with Gasteiger partial charge in [-0.2, -0.15) is 0 Å². The number of halogens is 1. The van der Waals surface area contributed by atoms with E-state index in [0.29, 0.717) is 18.4 Å². The second-order valence-corrected chi connectivity index (χ2v) is 11.0. The summed E-state index contributed by atoms with van der Waals surface area (Å²) in [5.41, 5.74) is 4.04. The number of hydrogen-bond acceptors (Lipinski definition) is 4. The van der Waals surface area contributed by atoms with E-state index in [1.165, 1.54) is 17.7 Å². The Morgan fingerprint density at radius 3 is 2.26 bits per heavy atom. The summed E-state index contributed by atoms with van der Waals surface area (Å²) in [6, 6.07) is 14.6. The van der Waals surface area contributed by atoms with Crippen LogP contribution in [-0.2, 0) is 14.3 Å². The van der Waals surface area contributed by atoms with Crippen LogP contribution in [0.2, 0.25) is 0 Å². The van der Waals surface area contributed by atoms with Crippen molar-refractivity contribution in [1.29, 1.82) is 0 Å². The van der Waals surface area contributed by atoms with Crippen molar-refractivity contribution in [3.05, 3.63) is 82.3 Å². The third-order valence-corrected chi connectivity index (χ3v) is 8.02. The summed E-state index contributed by atoms with van der Waals surface area (Å²) >= 11 is 0. The Bertz CT molecular complexity index is 1140. The quantitative estimate of drug-likeness (QED) is 0.543. The van der Waals surface area contributed by atoms with Crippen molar-refractivity contribution in [2.24, 2.45) is 5.92 Å². The molecule has 1 N–H and O–H groups in total. The van der Waals surface area contributed by atoms with E-state index in [4.69, 9.17) is 4.74 Å². The number of nitrogens with one attached hydrogen (secondary N) is 1. The van der Waals surface area contributed by atoms with E-state index in [1.807, 2.05) is 13.8 Å². The van der Waals surface area contributed by atoms with E-state index in [2.05, 4.69) is 36.5 Å². The molecule has 1 saturated carbocycles. The molecule has 2 aromatic carbocycles. The normalized spacial score (nSPS) is 26.3. The molecule has 0 radical (unpaired) electrons. The molecule has 0 aromatic heterocycles. The zero-order chi connectivity index (χ0) is 24.7. The Kier molecular flexibility index (Phi) is 6.29. The lowest BCUT2D eigenvalue weighted by atomic mass is 9.64. The number of rotatable bonds is 4. The average molecular weight is 476 g/mol. The topological polar surface area (TPSA) is 55.4 Å². The molecule has 3 aliphatic rings. The van der Waals surface area contributed by atoms with Gasteiger partial charge in [0.25, 0.3) is 0 Å². The Balaban J connectivity index is 1.56. The Morgan fingerprint density at radius 2 is 1.60 bits per heavy atom. The lowest BCUT2D eigenvalue weighted by Crippen LogP contribution is -2.57. The zero-order valence-electron chi connectivity index (χ0n) is 20.8. The first-order valence-corrected chi connectivity index (χ1v) is 12.8. The molecule has 5 heteroatoms. The van der Waals surface area contributed by atoms with Crippen LogP contribution in [0.1, 0.15) is 80.9 Å². The molecule has 4 nitrogen and oxygen atoms in total. The number of benzene rings is 2. The van der Waals surface area contributed by atoms with Gasteiger partial charge in [-0.15, -0.1) is 0 Å². The highest BCUT2D eigenvalue weighted by Crippen LogP contribution is 2.49. The second kappa shape index (κ2) is 9.25. The van der Waals surface area contributed by atoms with Gasteiger partial charge in [0.15, 0.2) is 5.78 Å². The number of aryl methyl sites for hydroxylation is 1. The summed E-state index contributed by atoms with van der Waals surface area (Å²) in [7, 11) is 0. The monoisotopic (exact) mass is 475 g/mol. The van der Waals surface area contributed by atoms with E-state index in [0.717, 1.165) is 42.5 Å². The van der Waals surface area contributed by atoms with Crippen LogP contribution in [0.15, 0.2) is 59.8 Å². The summed E-state index contributed by atoms with van der Waals surface area (Å²) in [6.45, 7) is 6.07. The third-order valence-electron chi connectivity index (χ3n) is 8.02. The molecule has 35 heavy (non-hydrogen) atoms. The highest BCUT2D eigenvalue weighted by molar-refractivity contribution is 6.00. The van der Waals surface area contributed by atoms with Gasteiger partial charge in [-0.25, -0.2) is 4.39 Å². The fourth-order valence-electron chi connectivity index (χ4n) is 6.24. The van der Waals surface area contributed by atoms with Crippen LogP contribution < -0.4 is 5.32 Å². The summed E-state index contributed by atoms with van der Waals surface area (Å²) in [4.78, 5) is 27.4. The van der Waals surface area contributed by atoms with E-state index in [1.54, 1.807) is 12.1 Å². The van der Waals surface area contributed by atoms with Crippen molar-refractivity contribution in [1.82, 2.24) is 5.32 Å². The molecule has 1 aliphatic heterocycles. The molecule has 5 rings (SSSR count). The number of esters is 1. The van der Waals surface area contributed by atoms with Crippen molar-refractivity contribution >= 4 is 11.8 Å². The van der Waals surface area contributed by atoms with Gasteiger partial charge < -0.3 is 10.1 Å². The van der Waals surface area contributed by atoms with Gasteiger partial charge in [0, 0.05) is 29.1 Å². The predicted molar refractivity (Wildman–Crippen MR) is 133 cm³/mol. The van der Waals surface area contributed by atoms with E-state index in [9.17, 15) is 14.0 Å². The molecule has 3 atom stereocenters. The zero-order valence-corrected chi connectivity index (χ0v) is 20.8. The number of allylic oxidation sites excluding steroid dienone is 2. The summed E-state index contributed by atoms with van der Waals surface area (Å²) in [5.74, 6) is -1.54. The Labute approximate surface area is 207 Å². The lowest BCUT2D eigenvalue weighted by Gasteiger charge is -2.48. The van der Waals surface area contributed by atoms with Crippen molar-refractivity contribution in [3.63, 3.8) is 0 Å². The van der Waals surface area contributed by atoms with Gasteiger partial charge in [0.2, 0.25) is 0 Å². The van der Waals surface area contributed by atoms with Crippen LogP contribution >= 0.6 is 0 Å². The van der Waals surface area contributed by atoms with E-state index >= 15 is 0 Å². The van der Waals surface area contributed by atoms with Crippen LogP contribution in [0.4, 0.5) is 4.39 Å². The molecule has 184 valence electrons. The first-order valence-electron chi connectivity index (χ1n) is 12.8. The van der Waals surface area contributed by atoms with Gasteiger partial charge in [0.1, 0.15) is 11.9 Å². The first-order chi connectivity index (χ1) is 16.7. The number of carbonyl (C=O) groups is 2. The fourth-order valence-corrected chi connectivity index (χ4v) is 6.24. The number of Topliss-reactive ketones (excluding diaryl/α,β-unsaturated/α-hetero) is 1. The number of ketones is 1. The summed E-state index contributed by atoms with van der Waals surface area (Å²) in [6.07, 6.45) is 4.95. The van der Waals surface area contributed by atoms with Crippen molar-refractivity contribution in [2.75, 3.05) is 0 Å². The number of hydrogen-bond donors (Lipinski definition) is 1. The molecule has 0 amide bonds. The minimum absolute atomic E-state index is 0.0489. The van der Waals surface area contributed by atoms with Gasteiger partial charge in [0.05, 0.1) is 5.92 Å². The second-order valence-electron chi connectivity index (χ2n) is 11.0. The minimum Gasteiger partial charge on any atom is -0.462 e. The predicted octanol–water partition coefficient (Wildman–Crippen LogP) is 6.10. The first kappa shape index (κ1) is 23.8. The maximum Gasteiger partial charge on any atom is 0.312 e. The van der Waals surface area contributed by atoms with Crippen LogP contribution in [0.3, 0.4) is 0 Å². The molecule has 2 aliphatic carbocycles. The molecule has 0 saturated heterocycles. The third kappa shape index (κ3) is 4.65. The van der Waals surface area contributed by atoms with Crippen LogP contribution in [-0.4, -0.2) is 23.4 Å². The van der Waals surface area contributed by atoms with Gasteiger partial charge >= 0.3 is 5.97 Å². The Hall–Kier alpha value is -2.95. The summed E-state index contributed by atoms with van der Waals surface area (Å²) < 4.78 is 19.8. The lowest BCUT2D eigenvalue weighted by molar-refractivity contribution is -0.157. The van der Waals surface area contributed by atoms with E-state index < -0.39 is 17.4 Å². The highest BCUT2D eigenvalue weighted by Gasteiger charge is 2.52. The molecule has 2 aromatic rings. The van der Waals surface area contributed by atoms with Crippen molar-refractivity contribution in [3.8, 4) is 0 Å². The van der Waals surface area contributed by atoms with Gasteiger partial charge in [-0.3, -0.25) is 9.59 Å². The highest BCUT2D eigenvalue weighted by atomic mass is 19.1. The summed E-state index contributed by atoms with van der Waals surface area (Å²) in [5, 5.41) is 3.59. The minimum atomic E-state index is -0.636. The maximum absolute atomic E-state index is 13.8. The van der Waals surface area contributed by atoms with E-state index in [-0.39, 0.29) is 29.6 Å². The molecular weight excluding hydrogens is 441 g/mol. The fraction of sp³-hybridized carbons (Fsp3) is 0.467. The number of ether oxygens (including phenoxy) is 1. The standard InChI is InChI=1S/C30H34FNO3/c1-18-8-10-19(11-9-18)21-16-24-27(25(33)17-21)26(20-12-14-22(31)15-13-20)28(30(2,3)32-24)29(34)35-23-6-4-5-7-23/h8-15,21,23,26,28,32H,4-7,16-17H2,1-3H3. The molecule has 3 unspecified atom stereocenters. The van der Waals surface area contributed by atoms with Crippen molar-refractivity contribution in [2.45, 2.75) is 82.8 Å². The van der Waals surface area contributed by atoms with Crippen molar-refractivity contribution < 1.29 is 18.7 Å². The van der Waals surface area contributed by atoms with Gasteiger partial charge in [-0.1, -0.05) is 42.0 Å². The average Bonchev–Trinajstić information content (AvgIpc) is 3.31. The Morgan fingerprint density at radius 1 is 0.971 bits per heavy atom. The van der Waals surface area contributed by atoms with Gasteiger partial charge in [-0.05, 0) is 82.1 Å². The van der Waals surface area contributed by atoms with Crippen LogP contribution in [0, 0.1) is 18.7 Å². The molecule has 1 fully saturated rings.